The van der Waals surface area contributed by atoms with Crippen molar-refractivity contribution in [2.75, 3.05) is 0 Å². The van der Waals surface area contributed by atoms with Gasteiger partial charge in [-0.1, -0.05) is 84.0 Å². The van der Waals surface area contributed by atoms with Crippen LogP contribution in [0.5, 0.6) is 0 Å². The molecule has 30 heavy (non-hydrogen) atoms. The maximum Gasteiger partial charge on any atom is 0.309 e. The zero-order chi connectivity index (χ0) is 22.6. The summed E-state index contributed by atoms with van der Waals surface area (Å²) < 4.78 is 10.5. The summed E-state index contributed by atoms with van der Waals surface area (Å²) in [6.45, 7) is 9.71. The molecule has 0 aliphatic heterocycles. The fraction of sp³-hybridized carbons (Fsp3) is 0.923. The summed E-state index contributed by atoms with van der Waals surface area (Å²) in [6.07, 6.45) is 18.7. The van der Waals surface area contributed by atoms with Gasteiger partial charge < -0.3 is 9.47 Å². The van der Waals surface area contributed by atoms with Crippen LogP contribution in [0.3, 0.4) is 0 Å². The molecule has 4 nitrogen and oxygen atoms in total. The molecule has 1 atom stereocenters. The largest absolute Gasteiger partial charge is 0.463 e. The Bertz CT molecular complexity index is 417. The molecule has 0 aliphatic rings. The van der Waals surface area contributed by atoms with Crippen LogP contribution in [-0.2, 0) is 19.1 Å². The topological polar surface area (TPSA) is 52.6 Å². The van der Waals surface area contributed by atoms with E-state index in [0.29, 0.717) is 6.42 Å². The molecular weight excluding hydrogens is 376 g/mol. The summed E-state index contributed by atoms with van der Waals surface area (Å²) in [4.78, 5) is 23.4. The van der Waals surface area contributed by atoms with Crippen LogP contribution in [0.1, 0.15) is 137 Å². The van der Waals surface area contributed by atoms with Crippen molar-refractivity contribution in [2.24, 2.45) is 5.92 Å². The second-order valence-electron chi connectivity index (χ2n) is 9.26. The van der Waals surface area contributed by atoms with Crippen molar-refractivity contribution in [2.45, 2.75) is 150 Å². The van der Waals surface area contributed by atoms with Gasteiger partial charge in [0.1, 0.15) is 0 Å². The van der Waals surface area contributed by atoms with Gasteiger partial charge in [-0.3, -0.25) is 9.59 Å². The molecule has 0 heterocycles. The lowest BCUT2D eigenvalue weighted by Gasteiger charge is -2.16. The number of esters is 2. The van der Waals surface area contributed by atoms with Crippen molar-refractivity contribution in [1.82, 2.24) is 0 Å². The lowest BCUT2D eigenvalue weighted by Crippen LogP contribution is -2.20. The van der Waals surface area contributed by atoms with Gasteiger partial charge in [0.05, 0.1) is 18.1 Å². The Morgan fingerprint density at radius 3 is 1.40 bits per heavy atom. The van der Waals surface area contributed by atoms with Crippen LogP contribution >= 0.6 is 0 Å². The van der Waals surface area contributed by atoms with Gasteiger partial charge in [-0.2, -0.15) is 0 Å². The van der Waals surface area contributed by atoms with E-state index in [1.54, 1.807) is 0 Å². The predicted molar refractivity (Wildman–Crippen MR) is 125 cm³/mol. The first-order valence-corrected chi connectivity index (χ1v) is 12.8. The van der Waals surface area contributed by atoms with Crippen LogP contribution in [0.15, 0.2) is 0 Å². The Balaban J connectivity index is 3.35. The first kappa shape index (κ1) is 28.9. The zero-order valence-corrected chi connectivity index (χ0v) is 20.7. The fourth-order valence-corrected chi connectivity index (χ4v) is 3.74. The number of carbonyl (C=O) groups is 2. The van der Waals surface area contributed by atoms with Crippen molar-refractivity contribution in [3.05, 3.63) is 0 Å². The summed E-state index contributed by atoms with van der Waals surface area (Å²) >= 11 is 0. The van der Waals surface area contributed by atoms with Crippen molar-refractivity contribution >= 4 is 11.9 Å². The zero-order valence-electron chi connectivity index (χ0n) is 20.7. The normalized spacial score (nSPS) is 12.4. The molecule has 0 spiro atoms. The minimum absolute atomic E-state index is 0.00579. The first-order chi connectivity index (χ1) is 14.4. The van der Waals surface area contributed by atoms with Gasteiger partial charge in [-0.05, 0) is 47.0 Å². The minimum Gasteiger partial charge on any atom is -0.463 e. The van der Waals surface area contributed by atoms with Crippen molar-refractivity contribution in [3.8, 4) is 0 Å². The highest BCUT2D eigenvalue weighted by atomic mass is 16.5. The van der Waals surface area contributed by atoms with E-state index in [1.807, 2.05) is 27.7 Å². The molecule has 0 radical (unpaired) electrons. The highest BCUT2D eigenvalue weighted by Crippen LogP contribution is 2.18. The van der Waals surface area contributed by atoms with Crippen LogP contribution in [0, 0.1) is 5.92 Å². The molecule has 0 rings (SSSR count). The molecule has 178 valence electrons. The molecule has 0 aliphatic carbocycles. The van der Waals surface area contributed by atoms with Crippen molar-refractivity contribution in [3.63, 3.8) is 0 Å². The van der Waals surface area contributed by atoms with Crippen LogP contribution in [-0.4, -0.2) is 24.1 Å². The number of hydrogen-bond acceptors (Lipinski definition) is 4. The summed E-state index contributed by atoms with van der Waals surface area (Å²) in [5, 5.41) is 0. The maximum absolute atomic E-state index is 12.0. The average molecular weight is 427 g/mol. The van der Waals surface area contributed by atoms with Crippen LogP contribution in [0.25, 0.3) is 0 Å². The second kappa shape index (κ2) is 19.9. The number of hydrogen-bond donors (Lipinski definition) is 0. The maximum atomic E-state index is 12.0. The highest BCUT2D eigenvalue weighted by Gasteiger charge is 2.18. The molecular formula is C26H50O4. The summed E-state index contributed by atoms with van der Waals surface area (Å²) in [6, 6.07) is 0. The monoisotopic (exact) mass is 426 g/mol. The van der Waals surface area contributed by atoms with Gasteiger partial charge in [0.15, 0.2) is 0 Å². The van der Waals surface area contributed by atoms with Gasteiger partial charge in [-0.15, -0.1) is 0 Å². The van der Waals surface area contributed by atoms with E-state index < -0.39 is 0 Å². The van der Waals surface area contributed by atoms with Gasteiger partial charge in [0.25, 0.3) is 0 Å². The third-order valence-corrected chi connectivity index (χ3v) is 5.48. The molecule has 1 unspecified atom stereocenters. The number of ether oxygens (including phenoxy) is 2. The molecule has 0 N–H and O–H groups in total. The van der Waals surface area contributed by atoms with Crippen molar-refractivity contribution in [1.29, 1.82) is 0 Å². The summed E-state index contributed by atoms with van der Waals surface area (Å²) in [7, 11) is 0. The predicted octanol–water partition coefficient (Wildman–Crippen LogP) is 7.77. The third-order valence-electron chi connectivity index (χ3n) is 5.48. The van der Waals surface area contributed by atoms with Gasteiger partial charge >= 0.3 is 11.9 Å². The quantitative estimate of drug-likeness (QED) is 0.147. The van der Waals surface area contributed by atoms with Crippen LogP contribution in [0.2, 0.25) is 0 Å². The molecule has 0 saturated heterocycles. The van der Waals surface area contributed by atoms with Crippen molar-refractivity contribution < 1.29 is 19.1 Å². The fourth-order valence-electron chi connectivity index (χ4n) is 3.74. The second-order valence-corrected chi connectivity index (χ2v) is 9.26. The average Bonchev–Trinajstić information content (AvgIpc) is 2.66. The van der Waals surface area contributed by atoms with Crippen LogP contribution in [0.4, 0.5) is 0 Å². The van der Waals surface area contributed by atoms with E-state index in [9.17, 15) is 9.59 Å². The van der Waals surface area contributed by atoms with E-state index in [-0.39, 0.29) is 30.1 Å². The van der Waals surface area contributed by atoms with E-state index in [2.05, 4.69) is 6.92 Å². The van der Waals surface area contributed by atoms with Gasteiger partial charge in [-0.25, -0.2) is 0 Å². The summed E-state index contributed by atoms with van der Waals surface area (Å²) in [5.41, 5.74) is 0. The minimum atomic E-state index is -0.0520. The van der Waals surface area contributed by atoms with E-state index >= 15 is 0 Å². The molecule has 0 aromatic rings. The van der Waals surface area contributed by atoms with Gasteiger partial charge in [0.2, 0.25) is 0 Å². The lowest BCUT2D eigenvalue weighted by atomic mass is 9.97. The molecule has 0 aromatic heterocycles. The molecule has 0 fully saturated rings. The SMILES string of the molecule is CCC(CCCCCCCCCCCCCCCC(=O)OC(C)C)C(=O)OC(C)C. The molecule has 0 amide bonds. The van der Waals surface area contributed by atoms with Crippen LogP contribution < -0.4 is 0 Å². The molecule has 0 saturated carbocycles. The Morgan fingerprint density at radius 1 is 0.600 bits per heavy atom. The Labute approximate surface area is 186 Å². The Kier molecular flexibility index (Phi) is 19.2. The standard InChI is InChI=1S/C26H50O4/c1-6-24(26(28)30-23(4)5)20-18-16-14-12-10-8-7-9-11-13-15-17-19-21-25(27)29-22(2)3/h22-24H,6-21H2,1-5H3. The Morgan fingerprint density at radius 2 is 1.00 bits per heavy atom. The third kappa shape index (κ3) is 18.9. The number of unbranched alkanes of at least 4 members (excludes halogenated alkanes) is 12. The van der Waals surface area contributed by atoms with E-state index in [4.69, 9.17) is 9.47 Å². The Hall–Kier alpha value is -1.06. The van der Waals surface area contributed by atoms with E-state index in [0.717, 1.165) is 32.1 Å². The molecule has 0 aromatic carbocycles. The molecule has 0 bridgehead atoms. The number of rotatable bonds is 20. The summed E-state index contributed by atoms with van der Waals surface area (Å²) in [5.74, 6) is 0.0196. The first-order valence-electron chi connectivity index (χ1n) is 12.8. The highest BCUT2D eigenvalue weighted by molar-refractivity contribution is 5.72. The van der Waals surface area contributed by atoms with E-state index in [1.165, 1.54) is 64.2 Å². The molecule has 4 heteroatoms. The smallest absolute Gasteiger partial charge is 0.309 e. The lowest BCUT2D eigenvalue weighted by molar-refractivity contribution is -0.153. The number of carbonyl (C=O) groups excluding carboxylic acids is 2. The van der Waals surface area contributed by atoms with Gasteiger partial charge in [0, 0.05) is 6.42 Å².